The van der Waals surface area contributed by atoms with Crippen molar-refractivity contribution in [3.63, 3.8) is 0 Å². The molecule has 4 aromatic rings. The summed E-state index contributed by atoms with van der Waals surface area (Å²) in [4.78, 5) is 30.0. The highest BCUT2D eigenvalue weighted by Crippen LogP contribution is 2.28. The van der Waals surface area contributed by atoms with Gasteiger partial charge in [0.05, 0.1) is 11.3 Å². The molecule has 0 radical (unpaired) electrons. The second kappa shape index (κ2) is 9.44. The van der Waals surface area contributed by atoms with Crippen LogP contribution in [0.25, 0.3) is 5.52 Å². The molecule has 0 saturated carbocycles. The van der Waals surface area contributed by atoms with E-state index in [-0.39, 0.29) is 17.2 Å². The summed E-state index contributed by atoms with van der Waals surface area (Å²) in [5.41, 5.74) is 4.92. The molecule has 0 aliphatic heterocycles. The molecule has 4 rings (SSSR count). The molecular formula is C26H32N8O2. The third-order valence-electron chi connectivity index (χ3n) is 6.05. The van der Waals surface area contributed by atoms with Gasteiger partial charge in [0.15, 0.2) is 5.82 Å². The van der Waals surface area contributed by atoms with Crippen LogP contribution in [0, 0.1) is 13.8 Å². The van der Waals surface area contributed by atoms with E-state index in [0.29, 0.717) is 34.8 Å². The average molecular weight is 489 g/mol. The molecule has 3 N–H and O–H groups in total. The van der Waals surface area contributed by atoms with E-state index >= 15 is 0 Å². The smallest absolute Gasteiger partial charge is 0.256 e. The Hall–Kier alpha value is -4.21. The van der Waals surface area contributed by atoms with Crippen LogP contribution in [0.4, 0.5) is 17.3 Å². The Kier molecular flexibility index (Phi) is 6.53. The van der Waals surface area contributed by atoms with Crippen molar-refractivity contribution in [1.29, 1.82) is 0 Å². The van der Waals surface area contributed by atoms with E-state index in [1.54, 1.807) is 27.5 Å². The lowest BCUT2D eigenvalue weighted by molar-refractivity contribution is 0.0954. The third kappa shape index (κ3) is 4.79. The molecule has 188 valence electrons. The van der Waals surface area contributed by atoms with Crippen LogP contribution in [0.3, 0.4) is 0 Å². The van der Waals surface area contributed by atoms with Gasteiger partial charge >= 0.3 is 0 Å². The molecule has 1 aromatic carbocycles. The van der Waals surface area contributed by atoms with Gasteiger partial charge in [-0.05, 0) is 44.0 Å². The summed E-state index contributed by atoms with van der Waals surface area (Å²) >= 11 is 0. The van der Waals surface area contributed by atoms with E-state index in [1.807, 2.05) is 40.0 Å². The molecule has 10 nitrogen and oxygen atoms in total. The maximum Gasteiger partial charge on any atom is 0.256 e. The summed E-state index contributed by atoms with van der Waals surface area (Å²) in [6, 6.07) is 7.34. The number of carbonyl (C=O) groups is 2. The van der Waals surface area contributed by atoms with Crippen molar-refractivity contribution in [2.75, 3.05) is 17.2 Å². The molecule has 0 fully saturated rings. The molecule has 3 aromatic heterocycles. The molecule has 0 atom stereocenters. The van der Waals surface area contributed by atoms with E-state index in [4.69, 9.17) is 0 Å². The van der Waals surface area contributed by atoms with Crippen molar-refractivity contribution in [2.24, 2.45) is 7.05 Å². The van der Waals surface area contributed by atoms with Gasteiger partial charge in [-0.25, -0.2) is 9.50 Å². The van der Waals surface area contributed by atoms with Crippen LogP contribution in [0.15, 0.2) is 36.8 Å². The van der Waals surface area contributed by atoms with E-state index < -0.39 is 0 Å². The minimum absolute atomic E-state index is 0.126. The summed E-state index contributed by atoms with van der Waals surface area (Å²) in [5, 5.41) is 17.9. The first-order valence-electron chi connectivity index (χ1n) is 11.8. The zero-order chi connectivity index (χ0) is 26.2. The number of nitrogens with zero attached hydrogens (tertiary/aromatic N) is 5. The molecule has 0 saturated heterocycles. The van der Waals surface area contributed by atoms with Crippen LogP contribution < -0.4 is 16.0 Å². The third-order valence-corrected chi connectivity index (χ3v) is 6.05. The van der Waals surface area contributed by atoms with Crippen LogP contribution in [-0.4, -0.2) is 42.7 Å². The quantitative estimate of drug-likeness (QED) is 0.376. The van der Waals surface area contributed by atoms with Crippen LogP contribution in [0.1, 0.15) is 65.2 Å². The number of hydrogen-bond acceptors (Lipinski definition) is 6. The maximum absolute atomic E-state index is 13.1. The number of benzene rings is 1. The van der Waals surface area contributed by atoms with Gasteiger partial charge in [-0.15, -0.1) is 0 Å². The second-order valence-electron chi connectivity index (χ2n) is 9.83. The molecule has 36 heavy (non-hydrogen) atoms. The fourth-order valence-corrected chi connectivity index (χ4v) is 3.90. The molecule has 0 aliphatic rings. The lowest BCUT2D eigenvalue weighted by Crippen LogP contribution is -2.22. The lowest BCUT2D eigenvalue weighted by Gasteiger charge is -2.13. The molecule has 0 spiro atoms. The number of fused-ring (bicyclic) bond motifs is 1. The Morgan fingerprint density at radius 2 is 1.83 bits per heavy atom. The molecule has 3 heterocycles. The number of carbonyl (C=O) groups excluding carboxylic acids is 2. The Morgan fingerprint density at radius 1 is 1.08 bits per heavy atom. The van der Waals surface area contributed by atoms with Crippen LogP contribution in [-0.2, 0) is 12.5 Å². The van der Waals surface area contributed by atoms with Crippen LogP contribution >= 0.6 is 0 Å². The number of rotatable bonds is 6. The van der Waals surface area contributed by atoms with Gasteiger partial charge < -0.3 is 16.0 Å². The Balaban J connectivity index is 1.63. The second-order valence-corrected chi connectivity index (χ2v) is 9.83. The molecule has 2 amide bonds. The first kappa shape index (κ1) is 24.9. The predicted octanol–water partition coefficient (Wildman–Crippen LogP) is 4.12. The maximum atomic E-state index is 13.1. The number of hydrogen-bond donors (Lipinski definition) is 3. The van der Waals surface area contributed by atoms with Crippen LogP contribution in [0.2, 0.25) is 0 Å². The minimum Gasteiger partial charge on any atom is -0.352 e. The van der Waals surface area contributed by atoms with Gasteiger partial charge in [-0.3, -0.25) is 14.3 Å². The number of aryl methyl sites for hydroxylation is 3. The molecule has 0 unspecified atom stereocenters. The van der Waals surface area contributed by atoms with Gasteiger partial charge in [0.25, 0.3) is 11.8 Å². The van der Waals surface area contributed by atoms with Crippen molar-refractivity contribution in [2.45, 2.75) is 47.0 Å². The van der Waals surface area contributed by atoms with Gasteiger partial charge in [0, 0.05) is 42.5 Å². The zero-order valence-electron chi connectivity index (χ0n) is 21.7. The first-order chi connectivity index (χ1) is 17.0. The van der Waals surface area contributed by atoms with Crippen molar-refractivity contribution >= 4 is 34.7 Å². The Bertz CT molecular complexity index is 1460. The van der Waals surface area contributed by atoms with Crippen LogP contribution in [0.5, 0.6) is 0 Å². The Labute approximate surface area is 210 Å². The van der Waals surface area contributed by atoms with Gasteiger partial charge in [0.1, 0.15) is 17.7 Å². The zero-order valence-corrected chi connectivity index (χ0v) is 21.7. The average Bonchev–Trinajstić information content (AvgIpc) is 3.36. The number of aromatic nitrogens is 5. The van der Waals surface area contributed by atoms with Crippen molar-refractivity contribution < 1.29 is 9.59 Å². The van der Waals surface area contributed by atoms with E-state index in [1.165, 1.54) is 6.33 Å². The van der Waals surface area contributed by atoms with Gasteiger partial charge in [-0.2, -0.15) is 10.2 Å². The summed E-state index contributed by atoms with van der Waals surface area (Å²) < 4.78 is 3.31. The molecule has 0 bridgehead atoms. The van der Waals surface area contributed by atoms with Crippen molar-refractivity contribution in [3.8, 4) is 0 Å². The highest BCUT2D eigenvalue weighted by atomic mass is 16.2. The molecular weight excluding hydrogens is 456 g/mol. The predicted molar refractivity (Wildman–Crippen MR) is 140 cm³/mol. The summed E-state index contributed by atoms with van der Waals surface area (Å²) in [5.74, 6) is 0.761. The van der Waals surface area contributed by atoms with E-state index in [2.05, 4.69) is 51.9 Å². The van der Waals surface area contributed by atoms with E-state index in [0.717, 1.165) is 22.5 Å². The fraction of sp³-hybridized carbons (Fsp3) is 0.346. The SMILES string of the molecule is CCNC(=O)c1cn2ncnc(Nc3cc(C(=O)Nc4cc(C(C)(C)C)nn4C)ccc3C)c2c1C. The topological polar surface area (TPSA) is 118 Å². The molecule has 10 heteroatoms. The summed E-state index contributed by atoms with van der Waals surface area (Å²) in [6.45, 7) is 12.5. The lowest BCUT2D eigenvalue weighted by atomic mass is 9.92. The fourth-order valence-electron chi connectivity index (χ4n) is 3.90. The Morgan fingerprint density at radius 3 is 2.50 bits per heavy atom. The van der Waals surface area contributed by atoms with Crippen molar-refractivity contribution in [1.82, 2.24) is 29.7 Å². The van der Waals surface area contributed by atoms with Crippen molar-refractivity contribution in [3.05, 3.63) is 64.7 Å². The summed E-state index contributed by atoms with van der Waals surface area (Å²) in [6.07, 6.45) is 3.12. The number of anilines is 3. The van der Waals surface area contributed by atoms with E-state index in [9.17, 15) is 9.59 Å². The highest BCUT2D eigenvalue weighted by Gasteiger charge is 2.21. The standard InChI is InChI=1S/C26H32N8O2/c1-8-27-25(36)18-13-34-22(16(18)3)23(28-14-29-34)30-19-11-17(10-9-15(19)2)24(35)31-21-12-20(26(4,5)6)32-33(21)7/h9-14H,8H2,1-7H3,(H,27,36)(H,31,35)(H,28,29,30). The first-order valence-corrected chi connectivity index (χ1v) is 11.8. The molecule has 0 aliphatic carbocycles. The monoisotopic (exact) mass is 488 g/mol. The van der Waals surface area contributed by atoms with Gasteiger partial charge in [0.2, 0.25) is 0 Å². The normalized spacial score (nSPS) is 11.5. The minimum atomic E-state index is -0.244. The highest BCUT2D eigenvalue weighted by molar-refractivity contribution is 6.05. The number of amides is 2. The number of nitrogens with one attached hydrogen (secondary N) is 3. The van der Waals surface area contributed by atoms with Gasteiger partial charge in [-0.1, -0.05) is 26.8 Å². The summed E-state index contributed by atoms with van der Waals surface area (Å²) in [7, 11) is 1.81. The largest absolute Gasteiger partial charge is 0.352 e.